The summed E-state index contributed by atoms with van der Waals surface area (Å²) in [4.78, 5) is 81.5. The van der Waals surface area contributed by atoms with Crippen molar-refractivity contribution in [3.63, 3.8) is 0 Å². The molecule has 15 nitrogen and oxygen atoms in total. The molecule has 1 aromatic carbocycles. The first-order valence-corrected chi connectivity index (χ1v) is 13.2. The minimum Gasteiger partial charge on any atom is -0.481 e. The van der Waals surface area contributed by atoms with Gasteiger partial charge in [-0.15, -0.1) is 0 Å². The van der Waals surface area contributed by atoms with Crippen LogP contribution in [0.5, 0.6) is 0 Å². The van der Waals surface area contributed by atoms with E-state index in [9.17, 15) is 33.9 Å². The Kier molecular flexibility index (Phi) is 12.2. The SMILES string of the molecule is CC(C)[C@@H]1NC(=O)c2cccc(c2F)CNC(=O)[C@H](CC(=O)O)NC(=O)CNC(=O)[C@H](CCCN=C(N)N)N(C)C1=O. The van der Waals surface area contributed by atoms with Crippen molar-refractivity contribution in [2.75, 3.05) is 20.1 Å². The van der Waals surface area contributed by atoms with Crippen LogP contribution < -0.4 is 32.7 Å². The molecular formula is C26H37FN8O7. The van der Waals surface area contributed by atoms with Gasteiger partial charge in [-0.1, -0.05) is 26.0 Å². The summed E-state index contributed by atoms with van der Waals surface area (Å²) in [6, 6.07) is 0.0481. The molecule has 1 aliphatic heterocycles. The van der Waals surface area contributed by atoms with Gasteiger partial charge in [-0.05, 0) is 24.8 Å². The molecule has 2 bridgehead atoms. The largest absolute Gasteiger partial charge is 0.481 e. The zero-order valence-electron chi connectivity index (χ0n) is 23.6. The maximum absolute atomic E-state index is 15.3. The van der Waals surface area contributed by atoms with Crippen LogP contribution in [0.3, 0.4) is 0 Å². The van der Waals surface area contributed by atoms with Gasteiger partial charge in [0, 0.05) is 25.7 Å². The smallest absolute Gasteiger partial charge is 0.305 e. The van der Waals surface area contributed by atoms with Crippen LogP contribution in [0, 0.1) is 11.7 Å². The average molecular weight is 593 g/mol. The summed E-state index contributed by atoms with van der Waals surface area (Å²) in [7, 11) is 1.35. The Labute approximate surface area is 241 Å². The van der Waals surface area contributed by atoms with E-state index in [1.165, 1.54) is 25.2 Å². The molecule has 0 saturated heterocycles. The average Bonchev–Trinajstić information content (AvgIpc) is 2.91. The van der Waals surface area contributed by atoms with Gasteiger partial charge in [0.25, 0.3) is 5.91 Å². The van der Waals surface area contributed by atoms with Gasteiger partial charge in [0.1, 0.15) is 23.9 Å². The summed E-state index contributed by atoms with van der Waals surface area (Å²) in [6.07, 6.45) is -0.471. The Balaban J connectivity index is 2.50. The summed E-state index contributed by atoms with van der Waals surface area (Å²) in [5.74, 6) is -7.06. The van der Waals surface area contributed by atoms with Crippen molar-refractivity contribution in [1.82, 2.24) is 26.2 Å². The Morgan fingerprint density at radius 3 is 2.38 bits per heavy atom. The van der Waals surface area contributed by atoms with E-state index in [1.807, 2.05) is 0 Å². The van der Waals surface area contributed by atoms with Crippen LogP contribution in [0.15, 0.2) is 23.2 Å². The Bertz CT molecular complexity index is 1240. The number of nitrogens with one attached hydrogen (secondary N) is 4. The lowest BCUT2D eigenvalue weighted by Gasteiger charge is -2.32. The van der Waals surface area contributed by atoms with E-state index < -0.39 is 90.4 Å². The second-order valence-corrected chi connectivity index (χ2v) is 10.0. The van der Waals surface area contributed by atoms with Crippen molar-refractivity contribution in [2.24, 2.45) is 22.4 Å². The lowest BCUT2D eigenvalue weighted by molar-refractivity contribution is -0.142. The highest BCUT2D eigenvalue weighted by Crippen LogP contribution is 2.17. The normalized spacial score (nSPS) is 20.9. The molecule has 16 heteroatoms. The van der Waals surface area contributed by atoms with E-state index in [4.69, 9.17) is 11.5 Å². The van der Waals surface area contributed by atoms with Crippen LogP contribution >= 0.6 is 0 Å². The van der Waals surface area contributed by atoms with E-state index in [-0.39, 0.29) is 30.9 Å². The van der Waals surface area contributed by atoms with E-state index in [2.05, 4.69) is 26.3 Å². The van der Waals surface area contributed by atoms with E-state index in [1.54, 1.807) is 13.8 Å². The van der Waals surface area contributed by atoms with E-state index in [0.717, 1.165) is 4.90 Å². The van der Waals surface area contributed by atoms with Crippen LogP contribution in [0.1, 0.15) is 49.0 Å². The predicted octanol–water partition coefficient (Wildman–Crippen LogP) is -1.83. The Morgan fingerprint density at radius 1 is 1.10 bits per heavy atom. The number of rotatable bonds is 7. The number of carboxylic acid groups (broad SMARTS) is 1. The summed E-state index contributed by atoms with van der Waals surface area (Å²) < 4.78 is 15.3. The maximum atomic E-state index is 15.3. The minimum atomic E-state index is -1.55. The van der Waals surface area contributed by atoms with Crippen molar-refractivity contribution in [2.45, 2.75) is 57.8 Å². The fourth-order valence-corrected chi connectivity index (χ4v) is 4.21. The molecule has 0 aromatic heterocycles. The lowest BCUT2D eigenvalue weighted by Crippen LogP contribution is -2.57. The van der Waals surface area contributed by atoms with Crippen LogP contribution in [0.2, 0.25) is 0 Å². The number of amides is 5. The van der Waals surface area contributed by atoms with Crippen LogP contribution in [0.4, 0.5) is 4.39 Å². The number of hydrogen-bond acceptors (Lipinski definition) is 7. The highest BCUT2D eigenvalue weighted by atomic mass is 19.1. The summed E-state index contributed by atoms with van der Waals surface area (Å²) in [6.45, 7) is 2.40. The number of benzene rings is 1. The van der Waals surface area contributed by atoms with Gasteiger partial charge in [0.2, 0.25) is 23.6 Å². The fourth-order valence-electron chi connectivity index (χ4n) is 4.21. The number of nitrogens with zero attached hydrogens (tertiary/aromatic N) is 2. The molecule has 1 aromatic rings. The number of carbonyl (C=O) groups excluding carboxylic acids is 5. The quantitative estimate of drug-likeness (QED) is 0.107. The predicted molar refractivity (Wildman–Crippen MR) is 148 cm³/mol. The van der Waals surface area contributed by atoms with Gasteiger partial charge in [0.15, 0.2) is 5.96 Å². The van der Waals surface area contributed by atoms with Crippen molar-refractivity contribution in [3.05, 3.63) is 35.1 Å². The second-order valence-electron chi connectivity index (χ2n) is 10.0. The first-order valence-electron chi connectivity index (χ1n) is 13.2. The first-order chi connectivity index (χ1) is 19.7. The monoisotopic (exact) mass is 592 g/mol. The van der Waals surface area contributed by atoms with Crippen LogP contribution in [0.25, 0.3) is 0 Å². The van der Waals surface area contributed by atoms with Gasteiger partial charge in [0.05, 0.1) is 18.5 Å². The van der Waals surface area contributed by atoms with Crippen molar-refractivity contribution < 1.29 is 38.3 Å². The molecule has 42 heavy (non-hydrogen) atoms. The highest BCUT2D eigenvalue weighted by molar-refractivity contribution is 5.99. The Hall–Kier alpha value is -4.76. The number of aliphatic carboxylic acids is 1. The van der Waals surface area contributed by atoms with Crippen LogP contribution in [-0.4, -0.2) is 89.7 Å². The number of carbonyl (C=O) groups is 6. The molecule has 0 unspecified atom stereocenters. The molecule has 3 atom stereocenters. The molecule has 1 heterocycles. The molecule has 0 fully saturated rings. The highest BCUT2D eigenvalue weighted by Gasteiger charge is 2.34. The summed E-state index contributed by atoms with van der Waals surface area (Å²) in [5.41, 5.74) is 10.2. The summed E-state index contributed by atoms with van der Waals surface area (Å²) in [5, 5.41) is 18.7. The fraction of sp³-hybridized carbons (Fsp3) is 0.500. The first kappa shape index (κ1) is 33.4. The number of nitrogens with two attached hydrogens (primary N) is 2. The number of hydrogen-bond donors (Lipinski definition) is 7. The van der Waals surface area contributed by atoms with Crippen LogP contribution in [-0.2, 0) is 30.5 Å². The van der Waals surface area contributed by atoms with Crippen molar-refractivity contribution >= 4 is 41.5 Å². The zero-order chi connectivity index (χ0) is 31.6. The molecule has 2 rings (SSSR count). The molecule has 9 N–H and O–H groups in total. The molecule has 1 aliphatic rings. The zero-order valence-corrected chi connectivity index (χ0v) is 23.6. The van der Waals surface area contributed by atoms with Gasteiger partial charge in [-0.2, -0.15) is 0 Å². The van der Waals surface area contributed by atoms with Crippen molar-refractivity contribution in [3.8, 4) is 0 Å². The van der Waals surface area contributed by atoms with Gasteiger partial charge in [-0.3, -0.25) is 33.8 Å². The number of guanidine groups is 1. The molecule has 230 valence electrons. The molecule has 5 amide bonds. The van der Waals surface area contributed by atoms with Crippen molar-refractivity contribution in [1.29, 1.82) is 0 Å². The number of aliphatic imine (C=N–C) groups is 1. The number of likely N-dealkylation sites (N-methyl/N-ethyl adjacent to an activating group) is 1. The van der Waals surface area contributed by atoms with E-state index >= 15 is 4.39 Å². The lowest BCUT2D eigenvalue weighted by atomic mass is 9.99. The minimum absolute atomic E-state index is 0.0615. The molecule has 0 aliphatic carbocycles. The molecular weight excluding hydrogens is 555 g/mol. The topological polar surface area (TPSA) is 238 Å². The molecule has 0 spiro atoms. The van der Waals surface area contributed by atoms with Gasteiger partial charge < -0.3 is 42.7 Å². The number of halogens is 1. The molecule has 0 radical (unpaired) electrons. The summed E-state index contributed by atoms with van der Waals surface area (Å²) >= 11 is 0. The third-order valence-corrected chi connectivity index (χ3v) is 6.50. The van der Waals surface area contributed by atoms with Gasteiger partial charge in [-0.25, -0.2) is 4.39 Å². The van der Waals surface area contributed by atoms with Gasteiger partial charge >= 0.3 is 5.97 Å². The third kappa shape index (κ3) is 9.42. The van der Waals surface area contributed by atoms with E-state index in [0.29, 0.717) is 0 Å². The molecule has 0 saturated carbocycles. The standard InChI is InChI=1S/C26H37FN8O7/c1-13(2)21-25(42)35(3)17(8-5-9-30-26(28)29)24(41)32-12-18(36)33-16(10-19(37)38)23(40)31-11-14-6-4-7-15(20(14)27)22(39)34-21/h4,6-7,13,16-17,21H,5,8-12H2,1-3H3,(H,31,40)(H,32,41)(H,33,36)(H,34,39)(H,37,38)(H4,28,29,30)/t16-,17-,21-/m0/s1. The number of fused-ring (bicyclic) bond motifs is 2. The second kappa shape index (κ2) is 15.3. The Morgan fingerprint density at radius 2 is 1.76 bits per heavy atom. The maximum Gasteiger partial charge on any atom is 0.305 e. The number of carboxylic acids is 1. The third-order valence-electron chi connectivity index (χ3n) is 6.50.